The third-order valence-electron chi connectivity index (χ3n) is 6.34. The van der Waals surface area contributed by atoms with Gasteiger partial charge in [-0.15, -0.1) is 11.8 Å². The molecular formula is C34H40N2O3. The average molecular weight is 525 g/mol. The highest BCUT2D eigenvalue weighted by molar-refractivity contribution is 6.04. The summed E-state index contributed by atoms with van der Waals surface area (Å²) in [6.45, 7) is 11.9. The fraction of sp³-hybridized carbons (Fsp3) is 0.324. The molecule has 1 aliphatic carbocycles. The highest BCUT2D eigenvalue weighted by Crippen LogP contribution is 2.19. The number of carbonyl (C=O) groups is 2. The summed E-state index contributed by atoms with van der Waals surface area (Å²) in [4.78, 5) is 22.5. The van der Waals surface area contributed by atoms with Crippen LogP contribution < -0.4 is 10.6 Å². The summed E-state index contributed by atoms with van der Waals surface area (Å²) in [5.74, 6) is 4.92. The summed E-state index contributed by atoms with van der Waals surface area (Å²) >= 11 is 0. The summed E-state index contributed by atoms with van der Waals surface area (Å²) < 4.78 is 2.31. The SMILES string of the molecule is CC.CC#CCCC(=N)c1ccc2c(c1)c1/c(n2CC)=C\CC=CC(C(=O)c2ccccc2C)\C=1.CC(=O)O. The van der Waals surface area contributed by atoms with E-state index in [4.69, 9.17) is 15.3 Å². The Morgan fingerprint density at radius 1 is 1.15 bits per heavy atom. The van der Waals surface area contributed by atoms with Gasteiger partial charge in [0.05, 0.1) is 5.92 Å². The van der Waals surface area contributed by atoms with Crippen molar-refractivity contribution in [1.82, 2.24) is 4.57 Å². The van der Waals surface area contributed by atoms with Gasteiger partial charge in [0.1, 0.15) is 0 Å². The van der Waals surface area contributed by atoms with Crippen LogP contribution in [-0.4, -0.2) is 27.1 Å². The fourth-order valence-electron chi connectivity index (χ4n) is 4.61. The van der Waals surface area contributed by atoms with Gasteiger partial charge < -0.3 is 15.1 Å². The number of Topliss-reactive ketones (excluding diaryl/α,β-unsaturated/α-hetero) is 1. The van der Waals surface area contributed by atoms with Crippen LogP contribution in [0.1, 0.15) is 75.4 Å². The van der Waals surface area contributed by atoms with Crippen molar-refractivity contribution in [2.45, 2.75) is 67.3 Å². The molecule has 0 bridgehead atoms. The standard InChI is InChI=1S/C30H30N2O.C2H4O2.C2H6/c1-4-6-7-15-27(31)22-17-18-29-25(19-22)26-20-23(13-9-11-16-28(26)32(29)5-2)30(33)24-14-10-8-12-21(24)3;1-2(3)4;1-2/h8-10,12-14,16-20,23,31H,5,7,11,15H2,1-3H3;1H3,(H,3,4);1-2H3/b13-9?,26-20-,28-16+,31-27?;;. The zero-order chi connectivity index (χ0) is 28.9. The Kier molecular flexibility index (Phi) is 12.2. The van der Waals surface area contributed by atoms with Crippen molar-refractivity contribution in [3.05, 3.63) is 81.9 Å². The maximum Gasteiger partial charge on any atom is 0.300 e. The molecule has 0 amide bonds. The second-order valence-corrected chi connectivity index (χ2v) is 8.94. The normalized spacial score (nSPS) is 15.1. The number of rotatable bonds is 6. The molecule has 2 aromatic carbocycles. The van der Waals surface area contributed by atoms with E-state index in [1.54, 1.807) is 0 Å². The molecule has 5 heteroatoms. The van der Waals surface area contributed by atoms with Crippen LogP contribution in [-0.2, 0) is 11.3 Å². The van der Waals surface area contributed by atoms with Gasteiger partial charge in [0.2, 0.25) is 0 Å². The highest BCUT2D eigenvalue weighted by Gasteiger charge is 2.19. The van der Waals surface area contributed by atoms with Gasteiger partial charge in [-0.2, -0.15) is 0 Å². The number of carbonyl (C=O) groups excluding carboxylic acids is 1. The Morgan fingerprint density at radius 3 is 2.49 bits per heavy atom. The zero-order valence-electron chi connectivity index (χ0n) is 24.0. The van der Waals surface area contributed by atoms with Gasteiger partial charge in [-0.1, -0.05) is 68.5 Å². The Morgan fingerprint density at radius 2 is 1.85 bits per heavy atom. The predicted molar refractivity (Wildman–Crippen MR) is 163 cm³/mol. The van der Waals surface area contributed by atoms with Gasteiger partial charge in [-0.3, -0.25) is 9.59 Å². The molecule has 1 aromatic heterocycles. The average Bonchev–Trinajstić information content (AvgIpc) is 3.19. The molecular weight excluding hydrogens is 484 g/mol. The van der Waals surface area contributed by atoms with Crippen LogP contribution in [0, 0.1) is 30.1 Å². The monoisotopic (exact) mass is 524 g/mol. The molecule has 1 atom stereocenters. The molecule has 0 saturated heterocycles. The topological polar surface area (TPSA) is 83.2 Å². The van der Waals surface area contributed by atoms with Crippen LogP contribution in [0.3, 0.4) is 0 Å². The zero-order valence-corrected chi connectivity index (χ0v) is 24.0. The first kappa shape index (κ1) is 31.1. The Bertz CT molecular complexity index is 1540. The van der Waals surface area contributed by atoms with E-state index in [9.17, 15) is 4.79 Å². The molecule has 5 nitrogen and oxygen atoms in total. The lowest BCUT2D eigenvalue weighted by molar-refractivity contribution is -0.134. The minimum Gasteiger partial charge on any atom is -0.481 e. The molecule has 204 valence electrons. The van der Waals surface area contributed by atoms with Crippen LogP contribution in [0.2, 0.25) is 0 Å². The van der Waals surface area contributed by atoms with E-state index in [0.29, 0.717) is 18.6 Å². The van der Waals surface area contributed by atoms with Crippen molar-refractivity contribution >= 4 is 40.5 Å². The second-order valence-electron chi connectivity index (χ2n) is 8.94. The summed E-state index contributed by atoms with van der Waals surface area (Å²) in [6.07, 6.45) is 10.6. The number of aryl methyl sites for hydroxylation is 2. The fourth-order valence-corrected chi connectivity index (χ4v) is 4.61. The highest BCUT2D eigenvalue weighted by atomic mass is 16.4. The first-order valence-corrected chi connectivity index (χ1v) is 13.6. The second kappa shape index (κ2) is 15.3. The maximum atomic E-state index is 13.5. The number of fused-ring (bicyclic) bond motifs is 3. The van der Waals surface area contributed by atoms with Crippen molar-refractivity contribution in [1.29, 1.82) is 5.41 Å². The van der Waals surface area contributed by atoms with Crippen LogP contribution in [0.25, 0.3) is 23.1 Å². The molecule has 0 saturated carbocycles. The summed E-state index contributed by atoms with van der Waals surface area (Å²) in [7, 11) is 0. The molecule has 1 unspecified atom stereocenters. The number of nitrogens with zero attached hydrogens (tertiary/aromatic N) is 1. The quantitative estimate of drug-likeness (QED) is 0.172. The van der Waals surface area contributed by atoms with Crippen molar-refractivity contribution in [3.63, 3.8) is 0 Å². The van der Waals surface area contributed by atoms with Crippen molar-refractivity contribution < 1.29 is 14.7 Å². The van der Waals surface area contributed by atoms with Crippen molar-refractivity contribution in [3.8, 4) is 11.8 Å². The van der Waals surface area contributed by atoms with Gasteiger partial charge in [0.25, 0.3) is 5.97 Å². The van der Waals surface area contributed by atoms with Crippen LogP contribution in [0.4, 0.5) is 0 Å². The largest absolute Gasteiger partial charge is 0.481 e. The van der Waals surface area contributed by atoms with Gasteiger partial charge in [-0.25, -0.2) is 0 Å². The first-order chi connectivity index (χ1) is 18.8. The van der Waals surface area contributed by atoms with E-state index >= 15 is 0 Å². The van der Waals surface area contributed by atoms with Gasteiger partial charge in [-0.05, 0) is 50.5 Å². The van der Waals surface area contributed by atoms with Crippen molar-refractivity contribution in [2.75, 3.05) is 0 Å². The van der Waals surface area contributed by atoms with E-state index in [2.05, 4.69) is 53.7 Å². The molecule has 1 heterocycles. The van der Waals surface area contributed by atoms with Crippen LogP contribution >= 0.6 is 0 Å². The molecule has 4 rings (SSSR count). The predicted octanol–water partition coefficient (Wildman–Crippen LogP) is 6.28. The summed E-state index contributed by atoms with van der Waals surface area (Å²) in [6, 6.07) is 14.1. The van der Waals surface area contributed by atoms with E-state index in [1.165, 1.54) is 0 Å². The lowest BCUT2D eigenvalue weighted by atomic mass is 9.92. The van der Waals surface area contributed by atoms with Gasteiger partial charge >= 0.3 is 0 Å². The number of ketones is 1. The van der Waals surface area contributed by atoms with E-state index in [1.807, 2.05) is 64.1 Å². The lowest BCUT2D eigenvalue weighted by Gasteiger charge is -2.11. The maximum absolute atomic E-state index is 13.5. The number of carboxylic acids is 1. The van der Waals surface area contributed by atoms with E-state index < -0.39 is 5.97 Å². The smallest absolute Gasteiger partial charge is 0.300 e. The Hall–Kier alpha value is -4.17. The third-order valence-corrected chi connectivity index (χ3v) is 6.34. The van der Waals surface area contributed by atoms with E-state index in [0.717, 1.165) is 58.1 Å². The Balaban J connectivity index is 0.000000815. The number of aromatic nitrogens is 1. The third kappa shape index (κ3) is 7.91. The summed E-state index contributed by atoms with van der Waals surface area (Å²) in [5, 5.41) is 19.3. The molecule has 0 radical (unpaired) electrons. The molecule has 0 aliphatic heterocycles. The number of allylic oxidation sites excluding steroid dienone is 2. The minimum absolute atomic E-state index is 0.122. The number of benzene rings is 2. The Labute approximate surface area is 232 Å². The number of hydrogen-bond acceptors (Lipinski definition) is 3. The molecule has 3 aromatic rings. The molecule has 1 aliphatic rings. The number of hydrogen-bond donors (Lipinski definition) is 2. The van der Waals surface area contributed by atoms with E-state index in [-0.39, 0.29) is 11.7 Å². The first-order valence-electron chi connectivity index (χ1n) is 13.6. The minimum atomic E-state index is -0.833. The molecule has 2 N–H and O–H groups in total. The number of carboxylic acid groups (broad SMARTS) is 1. The molecule has 0 spiro atoms. The van der Waals surface area contributed by atoms with Gasteiger partial charge in [0, 0.05) is 59.1 Å². The number of nitrogens with one attached hydrogen (secondary N) is 1. The lowest BCUT2D eigenvalue weighted by Crippen LogP contribution is -2.31. The van der Waals surface area contributed by atoms with Crippen LogP contribution in [0.5, 0.6) is 0 Å². The van der Waals surface area contributed by atoms with Gasteiger partial charge in [0.15, 0.2) is 5.78 Å². The molecule has 0 fully saturated rings. The molecule has 39 heavy (non-hydrogen) atoms. The summed E-state index contributed by atoms with van der Waals surface area (Å²) in [5.41, 5.74) is 4.43. The van der Waals surface area contributed by atoms with Crippen molar-refractivity contribution in [2.24, 2.45) is 5.92 Å². The van der Waals surface area contributed by atoms with Crippen LogP contribution in [0.15, 0.2) is 54.6 Å². The number of aliphatic carboxylic acids is 1.